The van der Waals surface area contributed by atoms with Crippen molar-refractivity contribution in [1.29, 1.82) is 0 Å². The normalized spacial score (nSPS) is 13.1. The first-order valence-electron chi connectivity index (χ1n) is 5.98. The quantitative estimate of drug-likeness (QED) is 0.644. The molecule has 0 aliphatic carbocycles. The lowest BCUT2D eigenvalue weighted by Gasteiger charge is -2.12. The second-order valence-electron chi connectivity index (χ2n) is 4.31. The van der Waals surface area contributed by atoms with Crippen molar-refractivity contribution in [3.05, 3.63) is 28.0 Å². The van der Waals surface area contributed by atoms with Crippen LogP contribution in [0.25, 0.3) is 0 Å². The third kappa shape index (κ3) is 3.04. The number of H-pyrrole nitrogens is 1. The number of amides is 2. The molecule has 0 fully saturated rings. The Morgan fingerprint density at radius 2 is 2.24 bits per heavy atom. The first-order valence-corrected chi connectivity index (χ1v) is 6.86. The van der Waals surface area contributed by atoms with Gasteiger partial charge in [0.05, 0.1) is 0 Å². The smallest absolute Gasteiger partial charge is 0.278 e. The van der Waals surface area contributed by atoms with Crippen LogP contribution in [0.15, 0.2) is 5.38 Å². The lowest BCUT2D eigenvalue weighted by Crippen LogP contribution is -2.25. The molecule has 0 saturated carbocycles. The zero-order chi connectivity index (χ0) is 14.1. The number of anilines is 1. The summed E-state index contributed by atoms with van der Waals surface area (Å²) in [6.45, 7) is 1.48. The summed E-state index contributed by atoms with van der Waals surface area (Å²) in [5, 5.41) is 14.6. The average Bonchev–Trinajstić information content (AvgIpc) is 3.04. The number of halogens is 1. The Morgan fingerprint density at radius 3 is 2.95 bits per heavy atom. The van der Waals surface area contributed by atoms with Gasteiger partial charge in [0.1, 0.15) is 5.69 Å². The Kier molecular flexibility index (Phi) is 4.56. The minimum absolute atomic E-state index is 0. The molecular formula is C11H13ClN6O2S. The topological polar surface area (TPSA) is 126 Å². The number of nitrogens with zero attached hydrogens (tertiary/aromatic N) is 2. The number of aromatic nitrogens is 3. The second kappa shape index (κ2) is 6.20. The van der Waals surface area contributed by atoms with Gasteiger partial charge >= 0.3 is 0 Å². The molecule has 1 aliphatic heterocycles. The highest BCUT2D eigenvalue weighted by molar-refractivity contribution is 7.14. The third-order valence-electron chi connectivity index (χ3n) is 3.00. The number of hydrogen-bond acceptors (Lipinski definition) is 6. The maximum Gasteiger partial charge on any atom is 0.278 e. The van der Waals surface area contributed by atoms with E-state index in [2.05, 4.69) is 25.8 Å². The fourth-order valence-corrected chi connectivity index (χ4v) is 2.71. The molecule has 2 amide bonds. The summed E-state index contributed by atoms with van der Waals surface area (Å²) < 4.78 is 0. The highest BCUT2D eigenvalue weighted by atomic mass is 35.5. The number of carbonyl (C=O) groups is 2. The lowest BCUT2D eigenvalue weighted by molar-refractivity contribution is 0.0991. The number of carbonyl (C=O) groups excluding carboxylic acids is 2. The van der Waals surface area contributed by atoms with Gasteiger partial charge in [0.15, 0.2) is 10.8 Å². The molecule has 3 rings (SSSR count). The second-order valence-corrected chi connectivity index (χ2v) is 5.17. The molecule has 112 valence electrons. The molecule has 0 atom stereocenters. The zero-order valence-corrected chi connectivity index (χ0v) is 12.4. The van der Waals surface area contributed by atoms with E-state index >= 15 is 0 Å². The summed E-state index contributed by atoms with van der Waals surface area (Å²) in [6, 6.07) is 0. The van der Waals surface area contributed by atoms with Crippen LogP contribution < -0.4 is 16.4 Å². The molecule has 0 saturated heterocycles. The number of hydrogen-bond donors (Lipinski definition) is 4. The van der Waals surface area contributed by atoms with Crippen LogP contribution in [0.4, 0.5) is 5.13 Å². The molecular weight excluding hydrogens is 316 g/mol. The highest BCUT2D eigenvalue weighted by Gasteiger charge is 2.22. The first kappa shape index (κ1) is 15.4. The Morgan fingerprint density at radius 1 is 1.43 bits per heavy atom. The van der Waals surface area contributed by atoms with Crippen molar-refractivity contribution in [2.75, 3.05) is 11.9 Å². The Balaban J connectivity index is 0.00000161. The Bertz CT molecular complexity index is 682. The van der Waals surface area contributed by atoms with E-state index in [0.717, 1.165) is 35.6 Å². The minimum atomic E-state index is -0.622. The van der Waals surface area contributed by atoms with Gasteiger partial charge in [-0.25, -0.2) is 4.98 Å². The van der Waals surface area contributed by atoms with Gasteiger partial charge < -0.3 is 11.1 Å². The van der Waals surface area contributed by atoms with E-state index in [1.165, 1.54) is 5.38 Å². The fraction of sp³-hybridized carbons (Fsp3) is 0.273. The lowest BCUT2D eigenvalue weighted by atomic mass is 10.1. The molecule has 5 N–H and O–H groups in total. The SMILES string of the molecule is Cl.NC(=O)c1csc(NC(=O)c2n[nH]c3c2CNCC3)n1. The molecule has 0 unspecified atom stereocenters. The van der Waals surface area contributed by atoms with E-state index in [4.69, 9.17) is 5.73 Å². The van der Waals surface area contributed by atoms with Gasteiger partial charge in [0.25, 0.3) is 11.8 Å². The van der Waals surface area contributed by atoms with E-state index in [9.17, 15) is 9.59 Å². The van der Waals surface area contributed by atoms with E-state index in [1.54, 1.807) is 0 Å². The number of thiazole rings is 1. The van der Waals surface area contributed by atoms with Crippen molar-refractivity contribution >= 4 is 40.7 Å². The monoisotopic (exact) mass is 328 g/mol. The third-order valence-corrected chi connectivity index (χ3v) is 3.76. The number of primary amides is 1. The summed E-state index contributed by atoms with van der Waals surface area (Å²) in [4.78, 5) is 27.0. The minimum Gasteiger partial charge on any atom is -0.364 e. The van der Waals surface area contributed by atoms with Gasteiger partial charge in [-0.2, -0.15) is 5.10 Å². The molecule has 10 heteroatoms. The standard InChI is InChI=1S/C11H12N6O2S.ClH/c12-9(18)7-4-20-11(14-7)15-10(19)8-5-3-13-2-1-6(5)16-17-8;/h4,13H,1-3H2,(H2,12,18)(H,16,17)(H,14,15,19);1H. The molecule has 8 nitrogen and oxygen atoms in total. The van der Waals surface area contributed by atoms with Gasteiger partial charge in [-0.05, 0) is 0 Å². The van der Waals surface area contributed by atoms with Crippen LogP contribution in [0.2, 0.25) is 0 Å². The van der Waals surface area contributed by atoms with Gasteiger partial charge in [-0.1, -0.05) is 0 Å². The molecule has 2 aromatic heterocycles. The molecule has 0 aromatic carbocycles. The summed E-state index contributed by atoms with van der Waals surface area (Å²) in [5.74, 6) is -0.973. The van der Waals surface area contributed by atoms with Crippen LogP contribution in [0.1, 0.15) is 32.2 Å². The van der Waals surface area contributed by atoms with E-state index in [-0.39, 0.29) is 24.0 Å². The fourth-order valence-electron chi connectivity index (χ4n) is 2.01. The van der Waals surface area contributed by atoms with Crippen molar-refractivity contribution < 1.29 is 9.59 Å². The van der Waals surface area contributed by atoms with Gasteiger partial charge in [-0.3, -0.25) is 20.0 Å². The summed E-state index contributed by atoms with van der Waals surface area (Å²) in [7, 11) is 0. The predicted octanol–water partition coefficient (Wildman–Crippen LogP) is 0.285. The molecule has 21 heavy (non-hydrogen) atoms. The van der Waals surface area contributed by atoms with E-state index < -0.39 is 5.91 Å². The van der Waals surface area contributed by atoms with Gasteiger partial charge in [-0.15, -0.1) is 23.7 Å². The van der Waals surface area contributed by atoms with Crippen molar-refractivity contribution in [2.45, 2.75) is 13.0 Å². The number of rotatable bonds is 3. The Labute approximate surface area is 129 Å². The largest absolute Gasteiger partial charge is 0.364 e. The van der Waals surface area contributed by atoms with Crippen LogP contribution in [0.5, 0.6) is 0 Å². The van der Waals surface area contributed by atoms with E-state index in [1.807, 2.05) is 0 Å². The first-order chi connectivity index (χ1) is 9.65. The number of nitrogens with one attached hydrogen (secondary N) is 3. The van der Waals surface area contributed by atoms with Crippen LogP contribution in [0.3, 0.4) is 0 Å². The van der Waals surface area contributed by atoms with Crippen molar-refractivity contribution in [2.24, 2.45) is 5.73 Å². The van der Waals surface area contributed by atoms with Crippen LogP contribution >= 0.6 is 23.7 Å². The highest BCUT2D eigenvalue weighted by Crippen LogP contribution is 2.19. The maximum absolute atomic E-state index is 12.2. The van der Waals surface area contributed by atoms with Gasteiger partial charge in [0, 0.05) is 36.1 Å². The molecule has 0 spiro atoms. The van der Waals surface area contributed by atoms with Crippen molar-refractivity contribution in [3.63, 3.8) is 0 Å². The van der Waals surface area contributed by atoms with Crippen molar-refractivity contribution in [3.8, 4) is 0 Å². The summed E-state index contributed by atoms with van der Waals surface area (Å²) >= 11 is 1.14. The zero-order valence-electron chi connectivity index (χ0n) is 10.8. The van der Waals surface area contributed by atoms with Crippen molar-refractivity contribution in [1.82, 2.24) is 20.5 Å². The number of nitrogens with two attached hydrogens (primary N) is 1. The van der Waals surface area contributed by atoms with Crippen LogP contribution in [-0.4, -0.2) is 33.5 Å². The number of fused-ring (bicyclic) bond motifs is 1. The Hall–Kier alpha value is -1.97. The summed E-state index contributed by atoms with van der Waals surface area (Å²) in [5.41, 5.74) is 7.45. The van der Waals surface area contributed by atoms with E-state index in [0.29, 0.717) is 17.4 Å². The molecule has 0 radical (unpaired) electrons. The van der Waals surface area contributed by atoms with Crippen LogP contribution in [-0.2, 0) is 13.0 Å². The van der Waals surface area contributed by atoms with Crippen LogP contribution in [0, 0.1) is 0 Å². The average molecular weight is 329 g/mol. The summed E-state index contributed by atoms with van der Waals surface area (Å²) in [6.07, 6.45) is 0.818. The predicted molar refractivity (Wildman–Crippen MR) is 79.8 cm³/mol. The maximum atomic E-state index is 12.2. The molecule has 1 aliphatic rings. The van der Waals surface area contributed by atoms with Gasteiger partial charge in [0.2, 0.25) is 0 Å². The molecule has 2 aromatic rings. The number of aromatic amines is 1. The molecule has 0 bridgehead atoms. The molecule has 3 heterocycles.